The van der Waals surface area contributed by atoms with Gasteiger partial charge in [0.25, 0.3) is 11.1 Å². The van der Waals surface area contributed by atoms with E-state index in [9.17, 15) is 9.59 Å². The zero-order valence-electron chi connectivity index (χ0n) is 11.9. The topological polar surface area (TPSA) is 105 Å². The van der Waals surface area contributed by atoms with Crippen molar-refractivity contribution in [1.29, 1.82) is 0 Å². The third kappa shape index (κ3) is 3.24. The van der Waals surface area contributed by atoms with Gasteiger partial charge in [0.1, 0.15) is 6.26 Å². The van der Waals surface area contributed by atoms with Crippen LogP contribution in [0.2, 0.25) is 0 Å². The van der Waals surface area contributed by atoms with Crippen LogP contribution in [0.25, 0.3) is 22.0 Å². The molecular formula is C16H12N4O3. The molecule has 0 atom stereocenters. The number of hydrogen-bond donors (Lipinski definition) is 2. The Balaban J connectivity index is 2.40. The maximum Gasteiger partial charge on any atom is 0.279 e. The molecule has 1 aromatic rings. The van der Waals surface area contributed by atoms with Crippen molar-refractivity contribution in [1.82, 2.24) is 19.9 Å². The number of aromatic amines is 2. The first-order valence-corrected chi connectivity index (χ1v) is 6.73. The molecule has 0 radical (unpaired) electrons. The summed E-state index contributed by atoms with van der Waals surface area (Å²) in [6, 6.07) is 4.85. The summed E-state index contributed by atoms with van der Waals surface area (Å²) in [7, 11) is 0. The molecule has 0 aromatic carbocycles. The molecule has 3 heterocycles. The molecule has 0 saturated heterocycles. The van der Waals surface area contributed by atoms with Gasteiger partial charge in [-0.05, 0) is 18.2 Å². The normalized spacial score (nSPS) is 10.1. The molecule has 1 aromatic heterocycles. The zero-order valence-corrected chi connectivity index (χ0v) is 11.9. The first-order chi connectivity index (χ1) is 11.3. The average Bonchev–Trinajstić information content (AvgIpc) is 3.14. The molecule has 23 heavy (non-hydrogen) atoms. The summed E-state index contributed by atoms with van der Waals surface area (Å²) < 4.78 is 5.13. The minimum absolute atomic E-state index is 0.260. The van der Waals surface area contributed by atoms with Crippen molar-refractivity contribution in [3.63, 3.8) is 0 Å². The summed E-state index contributed by atoms with van der Waals surface area (Å²) in [4.78, 5) is 37.2. The van der Waals surface area contributed by atoms with Crippen LogP contribution in [0.3, 0.4) is 0 Å². The highest BCUT2D eigenvalue weighted by atomic mass is 16.3. The zero-order chi connectivity index (χ0) is 16.1. The van der Waals surface area contributed by atoms with E-state index < -0.39 is 5.56 Å². The Morgan fingerprint density at radius 2 is 1.91 bits per heavy atom. The second-order valence-corrected chi connectivity index (χ2v) is 4.54. The lowest BCUT2D eigenvalue weighted by Crippen LogP contribution is -2.01. The second-order valence-electron chi connectivity index (χ2n) is 4.54. The van der Waals surface area contributed by atoms with Gasteiger partial charge in [0.2, 0.25) is 0 Å². The van der Waals surface area contributed by atoms with Crippen molar-refractivity contribution in [2.75, 3.05) is 0 Å². The van der Waals surface area contributed by atoms with Crippen LogP contribution in [0.4, 0.5) is 0 Å². The summed E-state index contributed by atoms with van der Waals surface area (Å²) in [5.74, 6) is 0. The van der Waals surface area contributed by atoms with Crippen molar-refractivity contribution < 1.29 is 4.42 Å². The predicted octanol–water partition coefficient (Wildman–Crippen LogP) is 1.95. The fourth-order valence-electron chi connectivity index (χ4n) is 2.04. The van der Waals surface area contributed by atoms with Gasteiger partial charge in [0.15, 0.2) is 0 Å². The fourth-order valence-corrected chi connectivity index (χ4v) is 2.04. The molecule has 0 bridgehead atoms. The number of rotatable bonds is 0. The molecule has 0 unspecified atom stereocenters. The Morgan fingerprint density at radius 1 is 1.00 bits per heavy atom. The molecule has 0 amide bonds. The van der Waals surface area contributed by atoms with E-state index in [1.54, 1.807) is 30.6 Å². The smallest absolute Gasteiger partial charge is 0.279 e. The van der Waals surface area contributed by atoms with Crippen molar-refractivity contribution in [2.24, 2.45) is 0 Å². The molecule has 2 aliphatic heterocycles. The van der Waals surface area contributed by atoms with Crippen molar-refractivity contribution in [3.05, 3.63) is 82.4 Å². The van der Waals surface area contributed by atoms with Gasteiger partial charge in [-0.25, -0.2) is 4.98 Å². The number of H-pyrrole nitrogens is 2. The predicted molar refractivity (Wildman–Crippen MR) is 84.9 cm³/mol. The van der Waals surface area contributed by atoms with E-state index in [0.717, 1.165) is 0 Å². The summed E-state index contributed by atoms with van der Waals surface area (Å²) in [5, 5.41) is 0.367. The summed E-state index contributed by atoms with van der Waals surface area (Å²) in [6.07, 6.45) is 10.0. The number of nitrogens with one attached hydrogen (secondary N) is 2. The lowest BCUT2D eigenvalue weighted by atomic mass is 10.1. The quantitative estimate of drug-likeness (QED) is 0.660. The first-order valence-electron chi connectivity index (χ1n) is 6.73. The van der Waals surface area contributed by atoms with E-state index in [1.165, 1.54) is 31.1 Å². The molecular weight excluding hydrogens is 296 g/mol. The Hall–Kier alpha value is -3.48. The molecule has 0 saturated carbocycles. The van der Waals surface area contributed by atoms with Crippen molar-refractivity contribution >= 4 is 10.9 Å². The Labute approximate surface area is 129 Å². The number of hydrogen-bond acceptors (Lipinski definition) is 5. The van der Waals surface area contributed by atoms with Crippen LogP contribution in [0.5, 0.6) is 0 Å². The third-order valence-electron chi connectivity index (χ3n) is 3.11. The third-order valence-corrected chi connectivity index (χ3v) is 3.11. The van der Waals surface area contributed by atoms with E-state index in [1.807, 2.05) is 0 Å². The van der Waals surface area contributed by atoms with Gasteiger partial charge in [0, 0.05) is 30.4 Å². The highest BCUT2D eigenvalue weighted by Crippen LogP contribution is 2.15. The number of nitrogens with zero attached hydrogens (tertiary/aromatic N) is 2. The SMILES string of the molecule is O=c1[nH]cc2ccoccnccnc(=O)c3cc[nH]c3cc1-2. The molecule has 0 fully saturated rings. The summed E-state index contributed by atoms with van der Waals surface area (Å²) >= 11 is 0. The van der Waals surface area contributed by atoms with E-state index in [2.05, 4.69) is 19.9 Å². The molecule has 2 N–H and O–H groups in total. The highest BCUT2D eigenvalue weighted by molar-refractivity contribution is 5.81. The van der Waals surface area contributed by atoms with Crippen LogP contribution < -0.4 is 11.1 Å². The first kappa shape index (κ1) is 14.5. The molecule has 2 aliphatic rings. The molecule has 3 rings (SSSR count). The molecule has 7 nitrogen and oxygen atoms in total. The highest BCUT2D eigenvalue weighted by Gasteiger charge is 2.05. The van der Waals surface area contributed by atoms with Gasteiger partial charge in [-0.2, -0.15) is 0 Å². The monoisotopic (exact) mass is 308 g/mol. The van der Waals surface area contributed by atoms with Crippen LogP contribution in [0.15, 0.2) is 75.7 Å². The number of fused-ring (bicyclic) bond motifs is 2. The lowest BCUT2D eigenvalue weighted by molar-refractivity contribution is 0.552. The van der Waals surface area contributed by atoms with Gasteiger partial charge in [0.05, 0.1) is 28.9 Å². The number of aromatic nitrogens is 4. The van der Waals surface area contributed by atoms with Crippen molar-refractivity contribution in [3.8, 4) is 11.1 Å². The molecule has 114 valence electrons. The fraction of sp³-hybridized carbons (Fsp3) is 0. The van der Waals surface area contributed by atoms with Crippen LogP contribution in [0, 0.1) is 0 Å². The van der Waals surface area contributed by atoms with Crippen LogP contribution in [-0.4, -0.2) is 19.9 Å². The Kier molecular flexibility index (Phi) is 4.10. The van der Waals surface area contributed by atoms with Gasteiger partial charge < -0.3 is 14.4 Å². The molecule has 0 spiro atoms. The average molecular weight is 308 g/mol. The lowest BCUT2D eigenvalue weighted by Gasteiger charge is -1.88. The maximum atomic E-state index is 12.1. The van der Waals surface area contributed by atoms with Crippen LogP contribution >= 0.6 is 0 Å². The standard InChI is InChI=1S/C16H12N4O3/c21-15-12-1-3-18-14(12)9-13-11(10-20-16(13)22)2-7-23-8-6-17-4-5-19-15/h1-10,18H,(H,20,22). The Bertz CT molecular complexity index is 1030. The van der Waals surface area contributed by atoms with E-state index >= 15 is 0 Å². The summed E-state index contributed by atoms with van der Waals surface area (Å²) in [6.45, 7) is 0. The molecule has 0 aliphatic carbocycles. The van der Waals surface area contributed by atoms with Gasteiger partial charge >= 0.3 is 0 Å². The summed E-state index contributed by atoms with van der Waals surface area (Å²) in [5.41, 5.74) is 0.867. The minimum Gasteiger partial charge on any atom is -0.471 e. The second kappa shape index (κ2) is 6.52. The van der Waals surface area contributed by atoms with Gasteiger partial charge in [-0.15, -0.1) is 0 Å². The largest absolute Gasteiger partial charge is 0.471 e. The minimum atomic E-state index is -0.431. The van der Waals surface area contributed by atoms with Gasteiger partial charge in [-0.3, -0.25) is 14.6 Å². The van der Waals surface area contributed by atoms with Crippen LogP contribution in [0.1, 0.15) is 0 Å². The van der Waals surface area contributed by atoms with Crippen molar-refractivity contribution in [2.45, 2.75) is 0 Å². The van der Waals surface area contributed by atoms with E-state index in [4.69, 9.17) is 4.42 Å². The van der Waals surface area contributed by atoms with E-state index in [0.29, 0.717) is 22.0 Å². The van der Waals surface area contributed by atoms with E-state index in [-0.39, 0.29) is 5.56 Å². The maximum absolute atomic E-state index is 12.1. The molecule has 7 heteroatoms. The Morgan fingerprint density at radius 3 is 2.83 bits per heavy atom. The van der Waals surface area contributed by atoms with Gasteiger partial charge in [-0.1, -0.05) is 0 Å². The van der Waals surface area contributed by atoms with Crippen LogP contribution in [-0.2, 0) is 0 Å².